The lowest BCUT2D eigenvalue weighted by atomic mass is 10.1. The van der Waals surface area contributed by atoms with E-state index in [4.69, 9.17) is 15.4 Å². The van der Waals surface area contributed by atoms with Crippen LogP contribution in [0.4, 0.5) is 5.69 Å². The molecule has 12 heteroatoms. The van der Waals surface area contributed by atoms with Gasteiger partial charge in [-0.05, 0) is 45.0 Å². The molecule has 0 spiro atoms. The fourth-order valence-electron chi connectivity index (χ4n) is 2.93. The number of carbonyl (C=O) groups excluding carboxylic acids is 3. The summed E-state index contributed by atoms with van der Waals surface area (Å²) in [7, 11) is 1.79. The molecule has 1 aromatic carbocycles. The molecule has 3 N–H and O–H groups in total. The number of benzene rings is 1. The number of aromatic nitrogens is 2. The van der Waals surface area contributed by atoms with Gasteiger partial charge in [0, 0.05) is 31.3 Å². The Labute approximate surface area is 209 Å². The van der Waals surface area contributed by atoms with E-state index in [2.05, 4.69) is 15.0 Å². The first-order valence-corrected chi connectivity index (χ1v) is 11.2. The van der Waals surface area contributed by atoms with E-state index in [1.165, 1.54) is 13.1 Å². The van der Waals surface area contributed by atoms with Crippen molar-refractivity contribution < 1.29 is 29.1 Å². The second kappa shape index (κ2) is 14.8. The highest BCUT2D eigenvalue weighted by Crippen LogP contribution is 2.16. The molecule has 1 aromatic heterocycles. The lowest BCUT2D eigenvalue weighted by Crippen LogP contribution is -2.34. The maximum Gasteiger partial charge on any atom is 0.307 e. The molecule has 0 aliphatic carbocycles. The van der Waals surface area contributed by atoms with Gasteiger partial charge in [-0.2, -0.15) is 9.99 Å². The van der Waals surface area contributed by atoms with Crippen LogP contribution in [0.5, 0.6) is 0 Å². The Morgan fingerprint density at radius 2 is 1.83 bits per heavy atom. The third-order valence-electron chi connectivity index (χ3n) is 4.56. The maximum absolute atomic E-state index is 12.3. The highest BCUT2D eigenvalue weighted by atomic mass is 16.5. The Morgan fingerprint density at radius 3 is 2.33 bits per heavy atom. The molecule has 194 valence electrons. The van der Waals surface area contributed by atoms with E-state index in [1.54, 1.807) is 58.2 Å². The second-order valence-electron chi connectivity index (χ2n) is 7.60. The van der Waals surface area contributed by atoms with Crippen LogP contribution in [0, 0.1) is 16.7 Å². The molecule has 1 heterocycles. The minimum Gasteiger partial charge on any atom is -0.466 e. The van der Waals surface area contributed by atoms with Crippen LogP contribution in [0.3, 0.4) is 0 Å². The molecule has 12 nitrogen and oxygen atoms in total. The molecule has 0 radical (unpaired) electrons. The molecule has 0 fully saturated rings. The first-order valence-electron chi connectivity index (χ1n) is 11.2. The average Bonchev–Trinajstić information content (AvgIpc) is 2.81. The summed E-state index contributed by atoms with van der Waals surface area (Å²) < 4.78 is 9.83. The standard InChI is InChI=1S/C20H24N6O4.C4H8O2/c1-4-30-18(27)9-13(2)23-20(28)14-5-7-16(8-6-14)25(3)11-15-12-26(29)19(22)17(10-21)24-15;1-3-6-4(2)5/h5-8,12-13,22,29H,4,9,11H2,1-3H3,(H,23,28);3H2,1-2H3. The Morgan fingerprint density at radius 1 is 1.22 bits per heavy atom. The van der Waals surface area contributed by atoms with Crippen LogP contribution < -0.4 is 15.7 Å². The van der Waals surface area contributed by atoms with Crippen molar-refractivity contribution in [1.82, 2.24) is 15.0 Å². The summed E-state index contributed by atoms with van der Waals surface area (Å²) in [5, 5.41) is 29.0. The zero-order chi connectivity index (χ0) is 27.3. The molecule has 36 heavy (non-hydrogen) atoms. The number of ether oxygens (including phenoxy) is 2. The summed E-state index contributed by atoms with van der Waals surface area (Å²) in [5.41, 5.74) is 1.08. The van der Waals surface area contributed by atoms with Crippen LogP contribution in [0.15, 0.2) is 30.5 Å². The first kappa shape index (κ1) is 29.6. The molecule has 0 saturated heterocycles. The normalized spacial score (nSPS) is 10.7. The number of amides is 1. The average molecular weight is 501 g/mol. The molecule has 0 saturated carbocycles. The summed E-state index contributed by atoms with van der Waals surface area (Å²) in [5.74, 6) is -0.871. The van der Waals surface area contributed by atoms with Crippen molar-refractivity contribution in [3.63, 3.8) is 0 Å². The Balaban J connectivity index is 0.000000960. The van der Waals surface area contributed by atoms with Crippen LogP contribution in [0.2, 0.25) is 0 Å². The van der Waals surface area contributed by atoms with E-state index >= 15 is 0 Å². The summed E-state index contributed by atoms with van der Waals surface area (Å²) in [4.78, 5) is 39.5. The first-order chi connectivity index (χ1) is 17.0. The minimum atomic E-state index is -0.378. The van der Waals surface area contributed by atoms with Crippen LogP contribution in [-0.2, 0) is 25.6 Å². The molecule has 0 aliphatic heterocycles. The van der Waals surface area contributed by atoms with Gasteiger partial charge >= 0.3 is 11.9 Å². The minimum absolute atomic E-state index is 0.0973. The predicted molar refractivity (Wildman–Crippen MR) is 129 cm³/mol. The topological polar surface area (TPSA) is 171 Å². The van der Waals surface area contributed by atoms with Gasteiger partial charge in [0.15, 0.2) is 11.2 Å². The van der Waals surface area contributed by atoms with Crippen molar-refractivity contribution in [2.45, 2.75) is 46.7 Å². The molecule has 1 atom stereocenters. The van der Waals surface area contributed by atoms with E-state index < -0.39 is 0 Å². The van der Waals surface area contributed by atoms with E-state index in [0.717, 1.165) is 5.69 Å². The lowest BCUT2D eigenvalue weighted by Gasteiger charge is -2.19. The highest BCUT2D eigenvalue weighted by Gasteiger charge is 2.14. The number of hydrogen-bond donors (Lipinski definition) is 3. The van der Waals surface area contributed by atoms with E-state index in [9.17, 15) is 19.6 Å². The molecule has 0 aliphatic rings. The lowest BCUT2D eigenvalue weighted by molar-refractivity contribution is -0.143. The van der Waals surface area contributed by atoms with E-state index in [1.807, 2.05) is 4.90 Å². The summed E-state index contributed by atoms with van der Waals surface area (Å²) in [6.07, 6.45) is 1.37. The molecule has 1 unspecified atom stereocenters. The van der Waals surface area contributed by atoms with Crippen molar-refractivity contribution in [3.8, 4) is 6.07 Å². The predicted octanol–water partition coefficient (Wildman–Crippen LogP) is 1.75. The van der Waals surface area contributed by atoms with Crippen LogP contribution >= 0.6 is 0 Å². The number of anilines is 1. The SMILES string of the molecule is CCOC(=O)CC(C)NC(=O)c1ccc(N(C)Cc2cn(O)c(=N)c(C#N)n2)cc1.CCOC(C)=O. The Bertz CT molecular complexity index is 1140. The van der Waals surface area contributed by atoms with Crippen molar-refractivity contribution >= 4 is 23.5 Å². The number of carbonyl (C=O) groups is 3. The number of nitrogens with one attached hydrogen (secondary N) is 2. The summed E-state index contributed by atoms with van der Waals surface area (Å²) in [6.45, 7) is 7.69. The smallest absolute Gasteiger partial charge is 0.307 e. The number of esters is 2. The van der Waals surface area contributed by atoms with Gasteiger partial charge in [-0.3, -0.25) is 19.8 Å². The monoisotopic (exact) mass is 500 g/mol. The molecule has 0 bridgehead atoms. The molecule has 2 rings (SSSR count). The third kappa shape index (κ3) is 9.84. The quantitative estimate of drug-likeness (QED) is 0.343. The van der Waals surface area contributed by atoms with Gasteiger partial charge in [0.05, 0.1) is 38.1 Å². The fraction of sp³-hybridized carbons (Fsp3) is 0.417. The zero-order valence-corrected chi connectivity index (χ0v) is 21.1. The number of nitrogens with zero attached hydrogens (tertiary/aromatic N) is 4. The third-order valence-corrected chi connectivity index (χ3v) is 4.56. The molecule has 2 aromatic rings. The van der Waals surface area contributed by atoms with Crippen LogP contribution in [-0.4, -0.2) is 59.1 Å². The van der Waals surface area contributed by atoms with Gasteiger partial charge in [-0.15, -0.1) is 0 Å². The van der Waals surface area contributed by atoms with Gasteiger partial charge in [-0.1, -0.05) is 0 Å². The zero-order valence-electron chi connectivity index (χ0n) is 21.1. The van der Waals surface area contributed by atoms with Crippen LogP contribution in [0.25, 0.3) is 0 Å². The Kier molecular flexibility index (Phi) is 12.2. The number of hydrogen-bond acceptors (Lipinski definition) is 10. The van der Waals surface area contributed by atoms with Crippen molar-refractivity contribution in [1.29, 1.82) is 10.7 Å². The molecular formula is C24H32N6O6. The largest absolute Gasteiger partial charge is 0.466 e. The van der Waals surface area contributed by atoms with Gasteiger partial charge in [0.1, 0.15) is 6.07 Å². The van der Waals surface area contributed by atoms with E-state index in [-0.39, 0.29) is 48.0 Å². The van der Waals surface area contributed by atoms with Gasteiger partial charge in [-0.25, -0.2) is 4.98 Å². The number of rotatable bonds is 9. The van der Waals surface area contributed by atoms with Crippen molar-refractivity contribution in [2.75, 3.05) is 25.2 Å². The second-order valence-corrected chi connectivity index (χ2v) is 7.60. The van der Waals surface area contributed by atoms with Crippen molar-refractivity contribution in [3.05, 3.63) is 52.9 Å². The molecular weight excluding hydrogens is 468 g/mol. The van der Waals surface area contributed by atoms with E-state index in [0.29, 0.717) is 29.2 Å². The van der Waals surface area contributed by atoms with Gasteiger partial charge < -0.3 is 24.9 Å². The highest BCUT2D eigenvalue weighted by molar-refractivity contribution is 5.95. The van der Waals surface area contributed by atoms with Crippen LogP contribution in [0.1, 0.15) is 55.9 Å². The summed E-state index contributed by atoms with van der Waals surface area (Å²) >= 11 is 0. The van der Waals surface area contributed by atoms with Crippen molar-refractivity contribution in [2.24, 2.45) is 0 Å². The summed E-state index contributed by atoms with van der Waals surface area (Å²) in [6, 6.07) is 8.24. The number of nitriles is 1. The molecule has 1 amide bonds. The maximum atomic E-state index is 12.3. The fourth-order valence-corrected chi connectivity index (χ4v) is 2.93. The van der Waals surface area contributed by atoms with Gasteiger partial charge in [0.25, 0.3) is 5.91 Å². The Hall–Kier alpha value is -4.40. The van der Waals surface area contributed by atoms with Gasteiger partial charge in [0.2, 0.25) is 0 Å².